The summed E-state index contributed by atoms with van der Waals surface area (Å²) < 4.78 is 40.4. The van der Waals surface area contributed by atoms with E-state index in [0.717, 1.165) is 23.8 Å². The molecule has 0 saturated heterocycles. The Kier molecular flexibility index (Phi) is 5.38. The number of alkyl halides is 3. The minimum absolute atomic E-state index is 0.00601. The van der Waals surface area contributed by atoms with Crippen LogP contribution < -0.4 is 10.6 Å². The van der Waals surface area contributed by atoms with Crippen LogP contribution >= 0.6 is 22.9 Å². The van der Waals surface area contributed by atoms with Crippen molar-refractivity contribution in [2.45, 2.75) is 38.8 Å². The quantitative estimate of drug-likeness (QED) is 0.546. The molecule has 2 heterocycles. The highest BCUT2D eigenvalue weighted by Gasteiger charge is 2.45. The lowest BCUT2D eigenvalue weighted by Crippen LogP contribution is -2.42. The number of carbonyl (C=O) groups excluding carboxylic acids is 1. The van der Waals surface area contributed by atoms with Crippen molar-refractivity contribution >= 4 is 34.4 Å². The van der Waals surface area contributed by atoms with Gasteiger partial charge in [0.15, 0.2) is 5.78 Å². The van der Waals surface area contributed by atoms with E-state index < -0.39 is 23.1 Å². The van der Waals surface area contributed by atoms with Gasteiger partial charge in [-0.2, -0.15) is 29.8 Å². The summed E-state index contributed by atoms with van der Waals surface area (Å²) in [5, 5.41) is 13.7. The van der Waals surface area contributed by atoms with Crippen molar-refractivity contribution in [2.75, 3.05) is 4.90 Å². The topological polar surface area (TPSA) is 70.1 Å². The average molecular weight is 478 g/mol. The van der Waals surface area contributed by atoms with Gasteiger partial charge in [-0.3, -0.25) is 9.69 Å². The third kappa shape index (κ3) is 3.70. The Bertz CT molecular complexity index is 1210. The fourth-order valence-corrected chi connectivity index (χ4v) is 5.31. The van der Waals surface area contributed by atoms with Crippen LogP contribution in [0.5, 0.6) is 0 Å². The molecule has 0 spiro atoms. The van der Waals surface area contributed by atoms with Gasteiger partial charge in [0.25, 0.3) is 0 Å². The Balaban J connectivity index is 2.02. The molecule has 0 radical (unpaired) electrons. The van der Waals surface area contributed by atoms with Crippen molar-refractivity contribution < 1.29 is 18.0 Å². The van der Waals surface area contributed by atoms with Gasteiger partial charge in [-0.15, -0.1) is 0 Å². The average Bonchev–Trinajstić information content (AvgIpc) is 3.20. The molecule has 1 aliphatic heterocycles. The Morgan fingerprint density at radius 3 is 2.59 bits per heavy atom. The maximum atomic E-state index is 13.5. The number of benzene rings is 1. The third-order valence-corrected chi connectivity index (χ3v) is 6.79. The van der Waals surface area contributed by atoms with Gasteiger partial charge in [0, 0.05) is 17.7 Å². The third-order valence-electron chi connectivity index (χ3n) is 5.77. The van der Waals surface area contributed by atoms with Crippen molar-refractivity contribution in [3.63, 3.8) is 0 Å². The minimum Gasteiger partial charge on any atom is -0.384 e. The van der Waals surface area contributed by atoms with Crippen LogP contribution in [0, 0.1) is 16.7 Å². The summed E-state index contributed by atoms with van der Waals surface area (Å²) in [7, 11) is 0. The van der Waals surface area contributed by atoms with E-state index in [2.05, 4.69) is 6.07 Å². The number of anilines is 1. The van der Waals surface area contributed by atoms with Gasteiger partial charge in [0.1, 0.15) is 5.82 Å². The van der Waals surface area contributed by atoms with E-state index in [1.165, 1.54) is 16.2 Å². The Hall–Kier alpha value is -2.76. The molecule has 0 bridgehead atoms. The molecule has 32 heavy (non-hydrogen) atoms. The maximum Gasteiger partial charge on any atom is 0.416 e. The number of halogens is 4. The van der Waals surface area contributed by atoms with Crippen LogP contribution in [0.4, 0.5) is 18.9 Å². The predicted molar refractivity (Wildman–Crippen MR) is 118 cm³/mol. The second-order valence-electron chi connectivity index (χ2n) is 8.70. The zero-order chi connectivity index (χ0) is 23.4. The molecule has 0 saturated carbocycles. The smallest absolute Gasteiger partial charge is 0.384 e. The molecule has 4 nitrogen and oxygen atoms in total. The highest BCUT2D eigenvalue weighted by Crippen LogP contribution is 2.51. The number of hydrogen-bond donors (Lipinski definition) is 1. The predicted octanol–water partition coefficient (Wildman–Crippen LogP) is 6.36. The van der Waals surface area contributed by atoms with E-state index >= 15 is 0 Å². The molecule has 1 aliphatic carbocycles. The number of nitrogens with two attached hydrogens (primary N) is 1. The first-order chi connectivity index (χ1) is 14.9. The van der Waals surface area contributed by atoms with Gasteiger partial charge < -0.3 is 5.73 Å². The Morgan fingerprint density at radius 1 is 1.28 bits per heavy atom. The number of allylic oxidation sites excluding steroid dienone is 3. The molecule has 1 atom stereocenters. The first kappa shape index (κ1) is 22.4. The lowest BCUT2D eigenvalue weighted by molar-refractivity contribution is -0.137. The van der Waals surface area contributed by atoms with Crippen molar-refractivity contribution in [2.24, 2.45) is 11.1 Å². The van der Waals surface area contributed by atoms with Gasteiger partial charge in [-0.1, -0.05) is 25.4 Å². The molecule has 0 fully saturated rings. The summed E-state index contributed by atoms with van der Waals surface area (Å²) in [4.78, 5) is 14.7. The number of nitrogens with zero attached hydrogens (tertiary/aromatic N) is 2. The molecule has 9 heteroatoms. The van der Waals surface area contributed by atoms with Gasteiger partial charge in [0.05, 0.1) is 33.8 Å². The molecule has 2 aromatic rings. The molecular formula is C23H19ClF3N3OS. The molecule has 2 N–H and O–H groups in total. The summed E-state index contributed by atoms with van der Waals surface area (Å²) in [5.74, 6) is -0.833. The SMILES string of the molecule is CC1(C)CC(=O)C2=C(C1)N(c1cc(C(F)(F)F)ccc1Cl)C(N)=C(C#N)[C@@H]2c1ccsc1. The first-order valence-electron chi connectivity index (χ1n) is 9.79. The van der Waals surface area contributed by atoms with Crippen LogP contribution in [0.2, 0.25) is 5.02 Å². The largest absolute Gasteiger partial charge is 0.416 e. The van der Waals surface area contributed by atoms with E-state index in [1.807, 2.05) is 30.7 Å². The lowest BCUT2D eigenvalue weighted by atomic mass is 9.69. The van der Waals surface area contributed by atoms with Crippen molar-refractivity contribution in [1.29, 1.82) is 5.26 Å². The van der Waals surface area contributed by atoms with Crippen LogP contribution in [-0.4, -0.2) is 5.78 Å². The zero-order valence-corrected chi connectivity index (χ0v) is 18.8. The fraction of sp³-hybridized carbons (Fsp3) is 0.304. The van der Waals surface area contributed by atoms with Gasteiger partial charge in [0.2, 0.25) is 0 Å². The maximum absolute atomic E-state index is 13.5. The molecule has 166 valence electrons. The lowest BCUT2D eigenvalue weighted by Gasteiger charge is -2.44. The molecule has 2 aliphatic rings. The van der Waals surface area contributed by atoms with E-state index in [9.17, 15) is 23.2 Å². The van der Waals surface area contributed by atoms with Crippen molar-refractivity contribution in [3.8, 4) is 6.07 Å². The zero-order valence-electron chi connectivity index (χ0n) is 17.3. The van der Waals surface area contributed by atoms with Crippen molar-refractivity contribution in [3.05, 3.63) is 73.8 Å². The van der Waals surface area contributed by atoms with Gasteiger partial charge >= 0.3 is 6.18 Å². The molecule has 4 rings (SSSR count). The first-order valence-corrected chi connectivity index (χ1v) is 11.1. The summed E-state index contributed by atoms with van der Waals surface area (Å²) in [5.41, 5.74) is 6.84. The number of thiophene rings is 1. The van der Waals surface area contributed by atoms with Gasteiger partial charge in [-0.25, -0.2) is 0 Å². The second-order valence-corrected chi connectivity index (χ2v) is 9.89. The van der Waals surface area contributed by atoms with E-state index in [4.69, 9.17) is 17.3 Å². The van der Waals surface area contributed by atoms with E-state index in [0.29, 0.717) is 17.7 Å². The molecular weight excluding hydrogens is 459 g/mol. The van der Waals surface area contributed by atoms with Crippen LogP contribution in [0.25, 0.3) is 0 Å². The van der Waals surface area contributed by atoms with Crippen LogP contribution in [-0.2, 0) is 11.0 Å². The molecule has 0 unspecified atom stereocenters. The standard InChI is InChI=1S/C23H19ClF3N3OS/c1-22(2)8-17-20(18(31)9-22)19(12-5-6-32-11-12)14(10-28)21(29)30(17)16-7-13(23(25,26)27)3-4-15(16)24/h3-7,11,19H,8-9,29H2,1-2H3/t19-/m0/s1. The summed E-state index contributed by atoms with van der Waals surface area (Å²) in [6.45, 7) is 3.83. The normalized spacial score (nSPS) is 21.0. The second kappa shape index (κ2) is 7.68. The number of rotatable bonds is 2. The number of Topliss-reactive ketones (excluding diaryl/α,β-unsaturated/α-hetero) is 1. The summed E-state index contributed by atoms with van der Waals surface area (Å²) in [6.07, 6.45) is -3.94. The molecule has 1 aromatic carbocycles. The number of ketones is 1. The summed E-state index contributed by atoms with van der Waals surface area (Å²) in [6, 6.07) is 6.87. The van der Waals surface area contributed by atoms with Crippen LogP contribution in [0.15, 0.2) is 57.7 Å². The highest BCUT2D eigenvalue weighted by atomic mass is 35.5. The summed E-state index contributed by atoms with van der Waals surface area (Å²) >= 11 is 7.76. The van der Waals surface area contributed by atoms with E-state index in [1.54, 1.807) is 0 Å². The number of nitriles is 1. The van der Waals surface area contributed by atoms with Crippen LogP contribution in [0.1, 0.15) is 43.7 Å². The van der Waals surface area contributed by atoms with Crippen molar-refractivity contribution in [1.82, 2.24) is 0 Å². The van der Waals surface area contributed by atoms with Gasteiger partial charge in [-0.05, 0) is 52.4 Å². The Labute approximate surface area is 192 Å². The Morgan fingerprint density at radius 2 is 2.00 bits per heavy atom. The van der Waals surface area contributed by atoms with Crippen LogP contribution in [0.3, 0.4) is 0 Å². The number of hydrogen-bond acceptors (Lipinski definition) is 5. The minimum atomic E-state index is -4.59. The highest BCUT2D eigenvalue weighted by molar-refractivity contribution is 7.08. The monoisotopic (exact) mass is 477 g/mol. The van der Waals surface area contributed by atoms with E-state index in [-0.39, 0.29) is 34.3 Å². The number of carbonyl (C=O) groups is 1. The molecule has 1 aromatic heterocycles. The molecule has 0 amide bonds. The fourth-order valence-electron chi connectivity index (χ4n) is 4.42.